The van der Waals surface area contributed by atoms with Crippen molar-refractivity contribution in [1.29, 1.82) is 0 Å². The molecule has 1 heterocycles. The van der Waals surface area contributed by atoms with Gasteiger partial charge in [0.15, 0.2) is 0 Å². The first-order valence-electron chi connectivity index (χ1n) is 7.95. The molecule has 6 nitrogen and oxygen atoms in total. The Balaban J connectivity index is 1.74. The van der Waals surface area contributed by atoms with Crippen LogP contribution in [0.3, 0.4) is 0 Å². The number of unbranched alkanes of at least 4 members (excludes halogenated alkanes) is 1. The first-order chi connectivity index (χ1) is 11.5. The van der Waals surface area contributed by atoms with Gasteiger partial charge >= 0.3 is 0 Å². The van der Waals surface area contributed by atoms with Crippen LogP contribution in [0.5, 0.6) is 0 Å². The van der Waals surface area contributed by atoms with Crippen LogP contribution in [-0.4, -0.2) is 26.1 Å². The summed E-state index contributed by atoms with van der Waals surface area (Å²) in [5.41, 5.74) is 2.37. The van der Waals surface area contributed by atoms with E-state index in [-0.39, 0.29) is 5.92 Å². The molecule has 1 aliphatic heterocycles. The lowest BCUT2D eigenvalue weighted by atomic mass is 10.0. The van der Waals surface area contributed by atoms with Crippen molar-refractivity contribution in [3.63, 3.8) is 0 Å². The first-order valence-corrected chi connectivity index (χ1v) is 9.39. The Morgan fingerprint density at radius 1 is 1.21 bits per heavy atom. The number of anilines is 1. The highest BCUT2D eigenvalue weighted by Crippen LogP contribution is 2.41. The molecule has 0 aliphatic carbocycles. The summed E-state index contributed by atoms with van der Waals surface area (Å²) in [5, 5.41) is 10.3. The van der Waals surface area contributed by atoms with E-state index >= 15 is 0 Å². The summed E-state index contributed by atoms with van der Waals surface area (Å²) in [4.78, 5) is 11.6. The Morgan fingerprint density at radius 3 is 2.62 bits per heavy atom. The van der Waals surface area contributed by atoms with Gasteiger partial charge in [-0.15, -0.1) is 0 Å². The summed E-state index contributed by atoms with van der Waals surface area (Å²) in [5.74, 6) is -0.716. The highest BCUT2D eigenvalue weighted by molar-refractivity contribution is 7.93. The van der Waals surface area contributed by atoms with Crippen LogP contribution < -0.4 is 9.79 Å². The van der Waals surface area contributed by atoms with Crippen LogP contribution in [0.1, 0.15) is 26.2 Å². The molecule has 1 atom stereocenters. The number of carbonyl (C=O) groups is 1. The second-order valence-electron chi connectivity index (χ2n) is 6.08. The number of hydroxylamine groups is 1. The van der Waals surface area contributed by atoms with E-state index in [1.807, 2.05) is 24.3 Å². The van der Waals surface area contributed by atoms with Gasteiger partial charge in [0, 0.05) is 17.8 Å². The Kier molecular flexibility index (Phi) is 4.47. The molecule has 24 heavy (non-hydrogen) atoms. The van der Waals surface area contributed by atoms with Gasteiger partial charge in [-0.3, -0.25) is 14.3 Å². The fraction of sp³-hybridized carbons (Fsp3) is 0.353. The fourth-order valence-electron chi connectivity index (χ4n) is 3.15. The molecule has 0 saturated carbocycles. The van der Waals surface area contributed by atoms with E-state index in [9.17, 15) is 13.2 Å². The summed E-state index contributed by atoms with van der Waals surface area (Å²) in [7, 11) is -3.51. The molecule has 2 N–H and O–H groups in total. The van der Waals surface area contributed by atoms with Gasteiger partial charge in [0.25, 0.3) is 10.0 Å². The summed E-state index contributed by atoms with van der Waals surface area (Å²) in [6.07, 6.45) is 1.94. The van der Waals surface area contributed by atoms with Gasteiger partial charge in [-0.05, 0) is 30.4 Å². The predicted molar refractivity (Wildman–Crippen MR) is 91.4 cm³/mol. The molecule has 2 aromatic rings. The van der Waals surface area contributed by atoms with Crippen molar-refractivity contribution in [2.45, 2.75) is 31.1 Å². The molecule has 1 unspecified atom stereocenters. The van der Waals surface area contributed by atoms with Crippen molar-refractivity contribution in [1.82, 2.24) is 5.48 Å². The van der Waals surface area contributed by atoms with Crippen LogP contribution in [0, 0.1) is 5.92 Å². The number of nitrogens with zero attached hydrogens (tertiary/aromatic N) is 1. The van der Waals surface area contributed by atoms with Crippen molar-refractivity contribution < 1.29 is 18.4 Å². The quantitative estimate of drug-likeness (QED) is 0.477. The van der Waals surface area contributed by atoms with Crippen LogP contribution in [0.25, 0.3) is 10.8 Å². The monoisotopic (exact) mass is 348 g/mol. The molecular formula is C17H20N2O4S. The normalized spacial score (nSPS) is 16.3. The predicted octanol–water partition coefficient (Wildman–Crippen LogP) is 2.66. The van der Waals surface area contributed by atoms with E-state index in [0.29, 0.717) is 30.7 Å². The molecule has 3 rings (SSSR count). The van der Waals surface area contributed by atoms with E-state index in [2.05, 4.69) is 0 Å². The summed E-state index contributed by atoms with van der Waals surface area (Å²) >= 11 is 0. The summed E-state index contributed by atoms with van der Waals surface area (Å²) in [6, 6.07) is 10.9. The van der Waals surface area contributed by atoms with E-state index in [4.69, 9.17) is 5.21 Å². The van der Waals surface area contributed by atoms with Crippen molar-refractivity contribution >= 4 is 32.4 Å². The van der Waals surface area contributed by atoms with E-state index in [0.717, 1.165) is 16.5 Å². The van der Waals surface area contributed by atoms with E-state index in [1.54, 1.807) is 24.5 Å². The van der Waals surface area contributed by atoms with E-state index < -0.39 is 15.9 Å². The molecule has 7 heteroatoms. The van der Waals surface area contributed by atoms with Crippen LogP contribution in [0.15, 0.2) is 41.3 Å². The maximum absolute atomic E-state index is 12.8. The lowest BCUT2D eigenvalue weighted by Gasteiger charge is -2.19. The molecule has 128 valence electrons. The highest BCUT2D eigenvalue weighted by atomic mass is 32.2. The average molecular weight is 348 g/mol. The van der Waals surface area contributed by atoms with Gasteiger partial charge in [-0.2, -0.15) is 0 Å². The fourth-order valence-corrected chi connectivity index (χ4v) is 4.90. The molecule has 2 aromatic carbocycles. The minimum atomic E-state index is -3.51. The minimum absolute atomic E-state index is 0.300. The highest BCUT2D eigenvalue weighted by Gasteiger charge is 2.34. The van der Waals surface area contributed by atoms with Crippen molar-refractivity contribution in [3.05, 3.63) is 36.4 Å². The number of sulfonamides is 1. The summed E-state index contributed by atoms with van der Waals surface area (Å²) in [6.45, 7) is 2.11. The number of benzene rings is 2. The van der Waals surface area contributed by atoms with Crippen molar-refractivity contribution in [3.8, 4) is 0 Å². The lowest BCUT2D eigenvalue weighted by molar-refractivity contribution is -0.133. The van der Waals surface area contributed by atoms with Gasteiger partial charge < -0.3 is 0 Å². The van der Waals surface area contributed by atoms with Crippen LogP contribution in [-0.2, 0) is 14.8 Å². The number of hydrogen-bond donors (Lipinski definition) is 2. The van der Waals surface area contributed by atoms with Crippen molar-refractivity contribution in [2.24, 2.45) is 5.92 Å². The van der Waals surface area contributed by atoms with Gasteiger partial charge in [-0.25, -0.2) is 13.9 Å². The van der Waals surface area contributed by atoms with Crippen LogP contribution >= 0.6 is 0 Å². The number of hydrogen-bond acceptors (Lipinski definition) is 4. The second-order valence-corrected chi connectivity index (χ2v) is 7.91. The van der Waals surface area contributed by atoms with Gasteiger partial charge in [-0.1, -0.05) is 37.6 Å². The summed E-state index contributed by atoms with van der Waals surface area (Å²) < 4.78 is 27.0. The maximum Gasteiger partial charge on any atom is 0.265 e. The number of rotatable bonds is 6. The second kappa shape index (κ2) is 6.41. The third-order valence-corrected chi connectivity index (χ3v) is 6.34. The molecule has 1 aliphatic rings. The molecular weight excluding hydrogens is 328 g/mol. The first kappa shape index (κ1) is 16.7. The van der Waals surface area contributed by atoms with Crippen molar-refractivity contribution in [2.75, 3.05) is 10.8 Å². The number of nitrogens with one attached hydrogen (secondary N) is 1. The van der Waals surface area contributed by atoms with Crippen LogP contribution in [0.4, 0.5) is 5.69 Å². The third kappa shape index (κ3) is 2.74. The topological polar surface area (TPSA) is 86.7 Å². The molecule has 0 spiro atoms. The molecule has 1 amide bonds. The standard InChI is InChI=1S/C17H20N2O4S/c1-12(17(20)18-21)6-2-3-11-19-14-9-4-7-13-8-5-10-15(16(13)14)24(19,22)23/h4-5,7-10,12,21H,2-3,6,11H2,1H3,(H,18,20). The lowest BCUT2D eigenvalue weighted by Crippen LogP contribution is -2.29. The largest absolute Gasteiger partial charge is 0.289 e. The van der Waals surface area contributed by atoms with Gasteiger partial charge in [0.1, 0.15) is 0 Å². The molecule has 0 fully saturated rings. The molecule has 0 saturated heterocycles. The Bertz CT molecular complexity index is 874. The zero-order chi connectivity index (χ0) is 17.3. The SMILES string of the molecule is CC(CCCCN1c2cccc3cccc(c23)S1(=O)=O)C(=O)NO. The Labute approximate surface area is 141 Å². The third-order valence-electron chi connectivity index (χ3n) is 4.49. The number of amides is 1. The Morgan fingerprint density at radius 2 is 1.92 bits per heavy atom. The molecule has 0 bridgehead atoms. The van der Waals surface area contributed by atoms with E-state index in [1.165, 1.54) is 4.31 Å². The van der Waals surface area contributed by atoms with Crippen LogP contribution in [0.2, 0.25) is 0 Å². The maximum atomic E-state index is 12.8. The van der Waals surface area contributed by atoms with Gasteiger partial charge in [0.05, 0.1) is 10.6 Å². The zero-order valence-electron chi connectivity index (χ0n) is 13.4. The average Bonchev–Trinajstić information content (AvgIpc) is 2.80. The zero-order valence-corrected chi connectivity index (χ0v) is 14.2. The molecule has 0 radical (unpaired) electrons. The minimum Gasteiger partial charge on any atom is -0.289 e. The number of carbonyl (C=O) groups excluding carboxylic acids is 1. The smallest absolute Gasteiger partial charge is 0.265 e. The van der Waals surface area contributed by atoms with Gasteiger partial charge in [0.2, 0.25) is 5.91 Å². The molecule has 0 aromatic heterocycles. The Hall–Kier alpha value is -2.12.